The zero-order valence-electron chi connectivity index (χ0n) is 10.9. The lowest BCUT2D eigenvalue weighted by molar-refractivity contribution is 0.628. The fourth-order valence-electron chi connectivity index (χ4n) is 1.91. The summed E-state index contributed by atoms with van der Waals surface area (Å²) in [7, 11) is 0. The normalized spacial score (nSPS) is 11.3. The predicted octanol–water partition coefficient (Wildman–Crippen LogP) is 4.34. The lowest BCUT2D eigenvalue weighted by Crippen LogP contribution is -1.80. The van der Waals surface area contributed by atoms with E-state index in [4.69, 9.17) is 0 Å². The number of H-pyrrole nitrogens is 1. The monoisotopic (exact) mass is 295 g/mol. The summed E-state index contributed by atoms with van der Waals surface area (Å²) in [6.45, 7) is 0. The number of allylic oxidation sites excluding steroid dienone is 1. The maximum absolute atomic E-state index is 12.9. The van der Waals surface area contributed by atoms with Crippen LogP contribution in [0.3, 0.4) is 0 Å². The Morgan fingerprint density at radius 2 is 2.10 bits per heavy atom. The molecule has 1 aromatic carbocycles. The van der Waals surface area contributed by atoms with Gasteiger partial charge in [-0.3, -0.25) is 5.10 Å². The molecule has 5 heteroatoms. The Bertz CT molecular complexity index is 808. The Labute approximate surface area is 125 Å². The summed E-state index contributed by atoms with van der Waals surface area (Å²) < 4.78 is 12.9. The van der Waals surface area contributed by atoms with Crippen LogP contribution in [0.15, 0.2) is 47.8 Å². The van der Waals surface area contributed by atoms with Gasteiger partial charge in [-0.2, -0.15) is 10.4 Å². The summed E-state index contributed by atoms with van der Waals surface area (Å²) in [5.74, 6) is -0.287. The minimum Gasteiger partial charge on any atom is -0.276 e. The van der Waals surface area contributed by atoms with Crippen LogP contribution in [0.4, 0.5) is 4.39 Å². The zero-order valence-corrected chi connectivity index (χ0v) is 11.7. The fourth-order valence-corrected chi connectivity index (χ4v) is 2.57. The second-order valence-electron chi connectivity index (χ2n) is 4.36. The molecule has 21 heavy (non-hydrogen) atoms. The van der Waals surface area contributed by atoms with Crippen molar-refractivity contribution in [2.24, 2.45) is 0 Å². The standard InChI is InChI=1S/C16H10FN3S/c17-13-5-3-11(4-6-13)15-9-16(20-19-15)12(10-18)8-14-2-1-7-21-14/h1-9H,(H,19,20)/b12-8+. The van der Waals surface area contributed by atoms with Crippen molar-refractivity contribution in [2.45, 2.75) is 0 Å². The number of nitriles is 1. The molecular weight excluding hydrogens is 285 g/mol. The van der Waals surface area contributed by atoms with Gasteiger partial charge in [0, 0.05) is 10.4 Å². The Hall–Kier alpha value is -2.71. The van der Waals surface area contributed by atoms with E-state index in [1.54, 1.807) is 29.5 Å². The van der Waals surface area contributed by atoms with Crippen molar-refractivity contribution >= 4 is 23.0 Å². The van der Waals surface area contributed by atoms with Crippen molar-refractivity contribution in [2.75, 3.05) is 0 Å². The largest absolute Gasteiger partial charge is 0.276 e. The highest BCUT2D eigenvalue weighted by molar-refractivity contribution is 7.10. The minimum absolute atomic E-state index is 0.287. The van der Waals surface area contributed by atoms with Gasteiger partial charge in [0.15, 0.2) is 0 Å². The van der Waals surface area contributed by atoms with Crippen molar-refractivity contribution in [3.8, 4) is 17.3 Å². The van der Waals surface area contributed by atoms with Gasteiger partial charge in [0.1, 0.15) is 11.9 Å². The molecule has 0 atom stereocenters. The average Bonchev–Trinajstić information content (AvgIpc) is 3.17. The minimum atomic E-state index is -0.287. The van der Waals surface area contributed by atoms with Gasteiger partial charge in [-0.25, -0.2) is 4.39 Å². The smallest absolute Gasteiger partial charge is 0.123 e. The molecule has 2 heterocycles. The third-order valence-corrected chi connectivity index (χ3v) is 3.78. The van der Waals surface area contributed by atoms with E-state index >= 15 is 0 Å². The van der Waals surface area contributed by atoms with E-state index in [0.717, 1.165) is 10.4 Å². The first-order valence-corrected chi connectivity index (χ1v) is 7.11. The molecule has 0 unspecified atom stereocenters. The number of nitrogens with one attached hydrogen (secondary N) is 1. The molecule has 0 aliphatic heterocycles. The summed E-state index contributed by atoms with van der Waals surface area (Å²) in [5, 5.41) is 18.3. The predicted molar refractivity (Wildman–Crippen MR) is 81.8 cm³/mol. The molecule has 0 amide bonds. The highest BCUT2D eigenvalue weighted by atomic mass is 32.1. The highest BCUT2D eigenvalue weighted by Gasteiger charge is 2.08. The first-order valence-electron chi connectivity index (χ1n) is 6.23. The number of thiophene rings is 1. The van der Waals surface area contributed by atoms with Crippen molar-refractivity contribution < 1.29 is 4.39 Å². The fraction of sp³-hybridized carbons (Fsp3) is 0. The third kappa shape index (κ3) is 2.91. The number of hydrogen-bond donors (Lipinski definition) is 1. The Kier molecular flexibility index (Phi) is 3.63. The highest BCUT2D eigenvalue weighted by Crippen LogP contribution is 2.23. The summed E-state index contributed by atoms with van der Waals surface area (Å²) in [6, 6.07) is 13.9. The molecule has 0 spiro atoms. The number of rotatable bonds is 3. The van der Waals surface area contributed by atoms with Crippen LogP contribution in [-0.4, -0.2) is 10.2 Å². The molecule has 0 bridgehead atoms. The number of aromatic amines is 1. The van der Waals surface area contributed by atoms with E-state index in [2.05, 4.69) is 16.3 Å². The van der Waals surface area contributed by atoms with Crippen LogP contribution in [0.5, 0.6) is 0 Å². The number of nitrogens with zero attached hydrogens (tertiary/aromatic N) is 2. The molecule has 0 saturated carbocycles. The van der Waals surface area contributed by atoms with Crippen molar-refractivity contribution in [3.05, 3.63) is 64.2 Å². The second kappa shape index (κ2) is 5.73. The van der Waals surface area contributed by atoms with E-state index in [0.29, 0.717) is 17.0 Å². The molecule has 102 valence electrons. The summed E-state index contributed by atoms with van der Waals surface area (Å²) >= 11 is 1.56. The van der Waals surface area contributed by atoms with Gasteiger partial charge >= 0.3 is 0 Å². The number of hydrogen-bond acceptors (Lipinski definition) is 3. The van der Waals surface area contributed by atoms with E-state index in [1.807, 2.05) is 23.6 Å². The molecule has 0 aliphatic carbocycles. The lowest BCUT2D eigenvalue weighted by Gasteiger charge is -1.94. The van der Waals surface area contributed by atoms with Gasteiger partial charge in [-0.15, -0.1) is 11.3 Å². The summed E-state index contributed by atoms with van der Waals surface area (Å²) in [4.78, 5) is 1.00. The molecule has 3 nitrogen and oxygen atoms in total. The van der Waals surface area contributed by atoms with Crippen LogP contribution in [-0.2, 0) is 0 Å². The summed E-state index contributed by atoms with van der Waals surface area (Å²) in [6.07, 6.45) is 1.81. The quantitative estimate of drug-likeness (QED) is 0.731. The van der Waals surface area contributed by atoms with Crippen molar-refractivity contribution in [1.82, 2.24) is 10.2 Å². The molecule has 0 saturated heterocycles. The van der Waals surface area contributed by atoms with Gasteiger partial charge in [-0.05, 0) is 47.9 Å². The van der Waals surface area contributed by atoms with Crippen LogP contribution < -0.4 is 0 Å². The van der Waals surface area contributed by atoms with E-state index in [1.165, 1.54) is 12.1 Å². The van der Waals surface area contributed by atoms with Crippen LogP contribution in [0.25, 0.3) is 22.9 Å². The van der Waals surface area contributed by atoms with Crippen molar-refractivity contribution in [1.29, 1.82) is 5.26 Å². The van der Waals surface area contributed by atoms with Gasteiger partial charge in [0.2, 0.25) is 0 Å². The first kappa shape index (κ1) is 13.3. The van der Waals surface area contributed by atoms with Crippen LogP contribution in [0.1, 0.15) is 10.6 Å². The maximum atomic E-state index is 12.9. The Morgan fingerprint density at radius 1 is 1.29 bits per heavy atom. The van der Waals surface area contributed by atoms with Gasteiger partial charge in [-0.1, -0.05) is 6.07 Å². The SMILES string of the molecule is N#C/C(=C\c1cccs1)c1cc(-c2ccc(F)cc2)n[nH]1. The molecule has 0 radical (unpaired) electrons. The average molecular weight is 295 g/mol. The maximum Gasteiger partial charge on any atom is 0.123 e. The number of halogens is 1. The molecule has 2 aromatic heterocycles. The first-order chi connectivity index (χ1) is 10.3. The molecule has 0 aliphatic rings. The molecule has 0 fully saturated rings. The molecule has 1 N–H and O–H groups in total. The summed E-state index contributed by atoms with van der Waals surface area (Å²) in [5.41, 5.74) is 2.63. The Morgan fingerprint density at radius 3 is 2.76 bits per heavy atom. The van der Waals surface area contributed by atoms with Crippen molar-refractivity contribution in [3.63, 3.8) is 0 Å². The molecule has 3 rings (SSSR count). The molecular formula is C16H10FN3S. The van der Waals surface area contributed by atoms with Crippen LogP contribution in [0.2, 0.25) is 0 Å². The van der Waals surface area contributed by atoms with E-state index < -0.39 is 0 Å². The van der Waals surface area contributed by atoms with E-state index in [-0.39, 0.29) is 5.82 Å². The van der Waals surface area contributed by atoms with E-state index in [9.17, 15) is 9.65 Å². The third-order valence-electron chi connectivity index (χ3n) is 2.96. The number of aromatic nitrogens is 2. The topological polar surface area (TPSA) is 52.5 Å². The van der Waals surface area contributed by atoms with Gasteiger partial charge < -0.3 is 0 Å². The molecule has 3 aromatic rings. The van der Waals surface area contributed by atoms with Crippen LogP contribution >= 0.6 is 11.3 Å². The van der Waals surface area contributed by atoms with Gasteiger partial charge in [0.25, 0.3) is 0 Å². The van der Waals surface area contributed by atoms with Gasteiger partial charge in [0.05, 0.1) is 17.0 Å². The van der Waals surface area contributed by atoms with Crippen LogP contribution in [0, 0.1) is 17.1 Å². The zero-order chi connectivity index (χ0) is 14.7. The second-order valence-corrected chi connectivity index (χ2v) is 5.34. The lowest BCUT2D eigenvalue weighted by atomic mass is 10.1. The Balaban J connectivity index is 1.94. The number of benzene rings is 1.